The summed E-state index contributed by atoms with van der Waals surface area (Å²) in [5, 5.41) is 3.22. The van der Waals surface area contributed by atoms with Crippen molar-refractivity contribution in [2.24, 2.45) is 0 Å². The van der Waals surface area contributed by atoms with E-state index in [2.05, 4.69) is 45.1 Å². The maximum Gasteiger partial charge on any atom is 0.224 e. The minimum Gasteiger partial charge on any atom is -0.369 e. The average molecular weight is 355 g/mol. The van der Waals surface area contributed by atoms with Crippen molar-refractivity contribution in [2.75, 3.05) is 25.0 Å². The van der Waals surface area contributed by atoms with Gasteiger partial charge in [-0.05, 0) is 35.2 Å². The summed E-state index contributed by atoms with van der Waals surface area (Å²) >= 11 is 3.40. The Bertz CT molecular complexity index is 487. The fraction of sp³-hybridized carbons (Fsp3) is 0.667. The molecule has 116 valence electrons. The zero-order chi connectivity index (χ0) is 15.2. The summed E-state index contributed by atoms with van der Waals surface area (Å²) in [6.45, 7) is 6.55. The van der Waals surface area contributed by atoms with Crippen molar-refractivity contribution in [1.29, 1.82) is 0 Å². The molecule has 1 amide bonds. The molecule has 0 aromatic carbocycles. The van der Waals surface area contributed by atoms with Crippen LogP contribution in [0, 0.1) is 0 Å². The van der Waals surface area contributed by atoms with Gasteiger partial charge in [0.2, 0.25) is 5.91 Å². The zero-order valence-corrected chi connectivity index (χ0v) is 14.3. The second kappa shape index (κ2) is 7.73. The van der Waals surface area contributed by atoms with Crippen molar-refractivity contribution in [3.63, 3.8) is 0 Å². The first kappa shape index (κ1) is 16.2. The van der Waals surface area contributed by atoms with Crippen LogP contribution in [0.15, 0.2) is 10.7 Å². The number of nitrogens with one attached hydrogen (secondary N) is 1. The van der Waals surface area contributed by atoms with Gasteiger partial charge in [-0.2, -0.15) is 0 Å². The van der Waals surface area contributed by atoms with Crippen LogP contribution in [0.2, 0.25) is 0 Å². The number of likely N-dealkylation sites (tertiary alicyclic amines) is 1. The van der Waals surface area contributed by atoms with Crippen LogP contribution in [0.25, 0.3) is 0 Å². The second-order valence-electron chi connectivity index (χ2n) is 5.71. The predicted octanol–water partition coefficient (Wildman–Crippen LogP) is 3.18. The van der Waals surface area contributed by atoms with E-state index in [-0.39, 0.29) is 11.8 Å². The molecule has 0 spiro atoms. The number of anilines is 1. The van der Waals surface area contributed by atoms with E-state index >= 15 is 0 Å². The molecule has 1 aromatic heterocycles. The van der Waals surface area contributed by atoms with Crippen molar-refractivity contribution in [3.8, 4) is 0 Å². The Morgan fingerprint density at radius 2 is 2.05 bits per heavy atom. The van der Waals surface area contributed by atoms with Crippen LogP contribution in [0.3, 0.4) is 0 Å². The number of halogens is 1. The number of hydrogen-bond donors (Lipinski definition) is 1. The third kappa shape index (κ3) is 4.95. The van der Waals surface area contributed by atoms with Crippen molar-refractivity contribution in [3.05, 3.63) is 16.5 Å². The van der Waals surface area contributed by atoms with Crippen molar-refractivity contribution in [2.45, 2.75) is 45.4 Å². The molecular weight excluding hydrogens is 332 g/mol. The number of piperidine rings is 1. The van der Waals surface area contributed by atoms with Gasteiger partial charge in [0.15, 0.2) is 0 Å². The highest BCUT2D eigenvalue weighted by Crippen LogP contribution is 2.17. The summed E-state index contributed by atoms with van der Waals surface area (Å²) in [7, 11) is 0. The Morgan fingerprint density at radius 1 is 1.33 bits per heavy atom. The Hall–Kier alpha value is -1.17. The maximum absolute atomic E-state index is 12.1. The van der Waals surface area contributed by atoms with E-state index in [1.807, 2.05) is 11.0 Å². The SMILES string of the molecule is CC(C)c1nc(Br)cc(NCCC(=O)N2CCCCC2)n1. The molecule has 2 rings (SSSR count). The van der Waals surface area contributed by atoms with Crippen molar-refractivity contribution in [1.82, 2.24) is 14.9 Å². The van der Waals surface area contributed by atoms with Crippen LogP contribution in [0.4, 0.5) is 5.82 Å². The van der Waals surface area contributed by atoms with Gasteiger partial charge in [-0.3, -0.25) is 4.79 Å². The number of carbonyl (C=O) groups is 1. The van der Waals surface area contributed by atoms with E-state index < -0.39 is 0 Å². The van der Waals surface area contributed by atoms with Gasteiger partial charge >= 0.3 is 0 Å². The third-order valence-electron chi connectivity index (χ3n) is 3.58. The van der Waals surface area contributed by atoms with Crippen LogP contribution in [0.5, 0.6) is 0 Å². The van der Waals surface area contributed by atoms with Crippen LogP contribution < -0.4 is 5.32 Å². The molecule has 6 heteroatoms. The molecule has 0 unspecified atom stereocenters. The lowest BCUT2D eigenvalue weighted by atomic mass is 10.1. The molecule has 0 saturated carbocycles. The van der Waals surface area contributed by atoms with E-state index in [1.165, 1.54) is 6.42 Å². The number of carbonyl (C=O) groups excluding carboxylic acids is 1. The molecule has 2 heterocycles. The highest BCUT2D eigenvalue weighted by atomic mass is 79.9. The van der Waals surface area contributed by atoms with Crippen molar-refractivity contribution < 1.29 is 4.79 Å². The summed E-state index contributed by atoms with van der Waals surface area (Å²) in [6.07, 6.45) is 4.03. The topological polar surface area (TPSA) is 58.1 Å². The van der Waals surface area contributed by atoms with E-state index in [0.29, 0.717) is 13.0 Å². The molecule has 1 N–H and O–H groups in total. The van der Waals surface area contributed by atoms with Gasteiger partial charge < -0.3 is 10.2 Å². The Morgan fingerprint density at radius 3 is 2.71 bits per heavy atom. The van der Waals surface area contributed by atoms with E-state index in [1.54, 1.807) is 0 Å². The molecular formula is C15H23BrN4O. The van der Waals surface area contributed by atoms with Crippen molar-refractivity contribution >= 4 is 27.7 Å². The summed E-state index contributed by atoms with van der Waals surface area (Å²) in [5.41, 5.74) is 0. The minimum absolute atomic E-state index is 0.236. The lowest BCUT2D eigenvalue weighted by Gasteiger charge is -2.26. The van der Waals surface area contributed by atoms with E-state index in [9.17, 15) is 4.79 Å². The maximum atomic E-state index is 12.1. The Balaban J connectivity index is 1.84. The normalized spacial score (nSPS) is 15.3. The molecule has 0 atom stereocenters. The van der Waals surface area contributed by atoms with Gasteiger partial charge in [0.1, 0.15) is 16.2 Å². The zero-order valence-electron chi connectivity index (χ0n) is 12.7. The second-order valence-corrected chi connectivity index (χ2v) is 6.52. The smallest absolute Gasteiger partial charge is 0.224 e. The number of amides is 1. The summed E-state index contributed by atoms with van der Waals surface area (Å²) in [4.78, 5) is 22.9. The van der Waals surface area contributed by atoms with Crippen LogP contribution >= 0.6 is 15.9 Å². The van der Waals surface area contributed by atoms with Crippen LogP contribution in [-0.4, -0.2) is 40.4 Å². The molecule has 1 saturated heterocycles. The highest BCUT2D eigenvalue weighted by Gasteiger charge is 2.15. The molecule has 0 radical (unpaired) electrons. The van der Waals surface area contributed by atoms with Gasteiger partial charge in [0.25, 0.3) is 0 Å². The molecule has 5 nitrogen and oxygen atoms in total. The number of rotatable bonds is 5. The fourth-order valence-corrected chi connectivity index (χ4v) is 2.78. The highest BCUT2D eigenvalue weighted by molar-refractivity contribution is 9.10. The third-order valence-corrected chi connectivity index (χ3v) is 3.99. The van der Waals surface area contributed by atoms with Crippen LogP contribution in [-0.2, 0) is 4.79 Å². The first-order valence-electron chi connectivity index (χ1n) is 7.62. The Labute approximate surface area is 134 Å². The first-order chi connectivity index (χ1) is 10.1. The monoisotopic (exact) mass is 354 g/mol. The number of hydrogen-bond acceptors (Lipinski definition) is 4. The average Bonchev–Trinajstić information content (AvgIpc) is 2.47. The molecule has 1 aromatic rings. The lowest BCUT2D eigenvalue weighted by molar-refractivity contribution is -0.131. The quantitative estimate of drug-likeness (QED) is 0.825. The van der Waals surface area contributed by atoms with Crippen LogP contribution in [0.1, 0.15) is 51.3 Å². The predicted molar refractivity (Wildman–Crippen MR) is 87.4 cm³/mol. The summed E-state index contributed by atoms with van der Waals surface area (Å²) in [5.74, 6) is 2.08. The molecule has 0 bridgehead atoms. The molecule has 21 heavy (non-hydrogen) atoms. The summed E-state index contributed by atoms with van der Waals surface area (Å²) < 4.78 is 0.769. The van der Waals surface area contributed by atoms with E-state index in [0.717, 1.165) is 42.2 Å². The Kier molecular flexibility index (Phi) is 5.96. The molecule has 0 aliphatic carbocycles. The molecule has 1 fully saturated rings. The summed E-state index contributed by atoms with van der Waals surface area (Å²) in [6, 6.07) is 1.84. The van der Waals surface area contributed by atoms with Gasteiger partial charge in [0, 0.05) is 38.0 Å². The van der Waals surface area contributed by atoms with Gasteiger partial charge in [-0.15, -0.1) is 0 Å². The van der Waals surface area contributed by atoms with Gasteiger partial charge in [-0.1, -0.05) is 13.8 Å². The van der Waals surface area contributed by atoms with Gasteiger partial charge in [-0.25, -0.2) is 9.97 Å². The standard InChI is InChI=1S/C15H23BrN4O/c1-11(2)15-18-12(16)10-13(19-15)17-7-6-14(21)20-8-4-3-5-9-20/h10-11H,3-9H2,1-2H3,(H,17,18,19). The largest absolute Gasteiger partial charge is 0.369 e. The molecule has 1 aliphatic rings. The van der Waals surface area contributed by atoms with Gasteiger partial charge in [0.05, 0.1) is 0 Å². The fourth-order valence-electron chi connectivity index (χ4n) is 2.38. The minimum atomic E-state index is 0.236. The number of nitrogens with zero attached hydrogens (tertiary/aromatic N) is 3. The first-order valence-corrected chi connectivity index (χ1v) is 8.41. The lowest BCUT2D eigenvalue weighted by Crippen LogP contribution is -2.36. The van der Waals surface area contributed by atoms with E-state index in [4.69, 9.17) is 0 Å². The molecule has 1 aliphatic heterocycles. The number of aromatic nitrogens is 2.